The van der Waals surface area contributed by atoms with Gasteiger partial charge in [0.05, 0.1) is 25.8 Å². The summed E-state index contributed by atoms with van der Waals surface area (Å²) in [5.74, 6) is 1.99. The number of aromatic amines is 1. The minimum absolute atomic E-state index is 0.120. The molecule has 1 N–H and O–H groups in total. The number of methoxy groups -OCH3 is 2. The maximum absolute atomic E-state index is 13.7. The van der Waals surface area contributed by atoms with Crippen LogP contribution in [0.3, 0.4) is 0 Å². The number of nitrogens with one attached hydrogen (secondary N) is 1. The van der Waals surface area contributed by atoms with Crippen molar-refractivity contribution in [3.05, 3.63) is 39.9 Å². The van der Waals surface area contributed by atoms with Gasteiger partial charge in [-0.15, -0.1) is 5.10 Å². The Kier molecular flexibility index (Phi) is 7.34. The zero-order valence-corrected chi connectivity index (χ0v) is 22.6. The Morgan fingerprint density at radius 1 is 0.868 bits per heavy atom. The molecule has 0 amide bonds. The fourth-order valence-electron chi connectivity index (χ4n) is 6.85. The van der Waals surface area contributed by atoms with Crippen LogP contribution >= 0.6 is 0 Å². The van der Waals surface area contributed by atoms with E-state index in [0.29, 0.717) is 28.6 Å². The zero-order valence-electron chi connectivity index (χ0n) is 22.6. The number of pyridine rings is 1. The molecular weight excluding hydrogens is 482 g/mol. The summed E-state index contributed by atoms with van der Waals surface area (Å²) in [6.45, 7) is 3.76. The summed E-state index contributed by atoms with van der Waals surface area (Å²) in [6.07, 6.45) is 11.2. The molecule has 6 rings (SSSR count). The quantitative estimate of drug-likeness (QED) is 0.502. The van der Waals surface area contributed by atoms with E-state index in [1.165, 1.54) is 44.9 Å². The van der Waals surface area contributed by atoms with Crippen molar-refractivity contribution in [1.82, 2.24) is 35.0 Å². The highest BCUT2D eigenvalue weighted by atomic mass is 16.5. The van der Waals surface area contributed by atoms with Crippen molar-refractivity contribution in [2.45, 2.75) is 75.9 Å². The zero-order chi connectivity index (χ0) is 26.1. The van der Waals surface area contributed by atoms with Gasteiger partial charge in [-0.05, 0) is 48.2 Å². The molecule has 3 heterocycles. The second-order valence-electron chi connectivity index (χ2n) is 11.0. The lowest BCUT2D eigenvalue weighted by atomic mass is 9.93. The van der Waals surface area contributed by atoms with E-state index >= 15 is 0 Å². The Morgan fingerprint density at radius 2 is 1.53 bits per heavy atom. The summed E-state index contributed by atoms with van der Waals surface area (Å²) in [5.41, 5.74) is 1.27. The monoisotopic (exact) mass is 521 g/mol. The van der Waals surface area contributed by atoms with Crippen LogP contribution in [-0.2, 0) is 0 Å². The summed E-state index contributed by atoms with van der Waals surface area (Å²) < 4.78 is 13.0. The topological polar surface area (TPSA) is 101 Å². The van der Waals surface area contributed by atoms with Crippen molar-refractivity contribution < 1.29 is 9.47 Å². The van der Waals surface area contributed by atoms with Crippen molar-refractivity contribution in [2.24, 2.45) is 0 Å². The van der Waals surface area contributed by atoms with Crippen LogP contribution in [0.5, 0.6) is 11.5 Å². The van der Waals surface area contributed by atoms with Gasteiger partial charge in [-0.25, -0.2) is 4.68 Å². The number of ether oxygens (including phenoxy) is 2. The molecule has 0 radical (unpaired) electrons. The number of fused-ring (bicyclic) bond motifs is 1. The normalized spacial score (nSPS) is 21.2. The number of benzene rings is 1. The van der Waals surface area contributed by atoms with Crippen LogP contribution in [-0.4, -0.2) is 81.4 Å². The summed E-state index contributed by atoms with van der Waals surface area (Å²) in [4.78, 5) is 21.8. The van der Waals surface area contributed by atoms with E-state index in [2.05, 4.69) is 30.3 Å². The Bertz CT molecular complexity index is 1300. The standard InChI is InChI=1S/C28H39N7O3/c1-37-24-17-19-16-22(28(36)29-23(19)18-25(24)38-2)26(27-30-31-32-35(27)21-10-6-7-11-21)34-14-12-33(13-15-34)20-8-4-3-5-9-20/h16-18,20-21,26H,3-15H2,1-2H3,(H,29,36)/t26-/m1/s1. The van der Waals surface area contributed by atoms with Crippen molar-refractivity contribution in [3.8, 4) is 11.5 Å². The fraction of sp³-hybridized carbons (Fsp3) is 0.643. The van der Waals surface area contributed by atoms with E-state index in [1.807, 2.05) is 22.9 Å². The van der Waals surface area contributed by atoms with Gasteiger partial charge in [0.25, 0.3) is 5.56 Å². The van der Waals surface area contributed by atoms with Crippen LogP contribution in [0, 0.1) is 0 Å². The number of nitrogens with zero attached hydrogens (tertiary/aromatic N) is 6. The van der Waals surface area contributed by atoms with Gasteiger partial charge in [-0.3, -0.25) is 14.6 Å². The van der Waals surface area contributed by atoms with Gasteiger partial charge < -0.3 is 14.5 Å². The SMILES string of the molecule is COc1cc2cc([C@H](c3nnnn3C3CCCC3)N3CCN(C4CCCCC4)CC3)c(=O)[nH]c2cc1OC. The molecule has 3 aliphatic rings. The lowest BCUT2D eigenvalue weighted by Gasteiger charge is -2.43. The number of hydrogen-bond donors (Lipinski definition) is 1. The van der Waals surface area contributed by atoms with Crippen molar-refractivity contribution in [2.75, 3.05) is 40.4 Å². The van der Waals surface area contributed by atoms with E-state index in [-0.39, 0.29) is 17.6 Å². The second-order valence-corrected chi connectivity index (χ2v) is 11.0. The summed E-state index contributed by atoms with van der Waals surface area (Å²) >= 11 is 0. The van der Waals surface area contributed by atoms with Crippen LogP contribution in [0.2, 0.25) is 0 Å². The van der Waals surface area contributed by atoms with Crippen molar-refractivity contribution >= 4 is 10.9 Å². The molecule has 38 heavy (non-hydrogen) atoms. The Labute approximate surface area is 223 Å². The van der Waals surface area contributed by atoms with Crippen LogP contribution in [0.15, 0.2) is 23.0 Å². The maximum atomic E-state index is 13.7. The third-order valence-corrected chi connectivity index (χ3v) is 8.91. The summed E-state index contributed by atoms with van der Waals surface area (Å²) in [7, 11) is 3.22. The van der Waals surface area contributed by atoms with Crippen LogP contribution in [0.4, 0.5) is 0 Å². The molecule has 1 saturated heterocycles. The molecule has 0 bridgehead atoms. The van der Waals surface area contributed by atoms with E-state index in [0.717, 1.165) is 50.2 Å². The predicted octanol–water partition coefficient (Wildman–Crippen LogP) is 3.69. The third kappa shape index (κ3) is 4.80. The smallest absolute Gasteiger partial charge is 0.253 e. The summed E-state index contributed by atoms with van der Waals surface area (Å²) in [6, 6.07) is 6.39. The fourth-order valence-corrected chi connectivity index (χ4v) is 6.85. The number of hydrogen-bond acceptors (Lipinski definition) is 8. The van der Waals surface area contributed by atoms with E-state index in [9.17, 15) is 4.79 Å². The van der Waals surface area contributed by atoms with Crippen molar-refractivity contribution in [1.29, 1.82) is 0 Å². The largest absolute Gasteiger partial charge is 0.493 e. The number of tetrazole rings is 1. The molecule has 10 nitrogen and oxygen atoms in total. The second kappa shape index (κ2) is 11.0. The molecule has 0 spiro atoms. The molecule has 2 aromatic heterocycles. The van der Waals surface area contributed by atoms with Crippen LogP contribution in [0.25, 0.3) is 10.9 Å². The molecule has 2 aliphatic carbocycles. The van der Waals surface area contributed by atoms with Gasteiger partial charge in [-0.2, -0.15) is 0 Å². The Hall–Kier alpha value is -2.98. The third-order valence-electron chi connectivity index (χ3n) is 8.91. The minimum atomic E-state index is -0.319. The van der Waals surface area contributed by atoms with Crippen LogP contribution in [0.1, 0.15) is 81.3 Å². The molecular formula is C28H39N7O3. The van der Waals surface area contributed by atoms with Gasteiger partial charge in [-0.1, -0.05) is 32.1 Å². The average Bonchev–Trinajstić information content (AvgIpc) is 3.66. The highest BCUT2D eigenvalue weighted by molar-refractivity contribution is 5.83. The molecule has 0 unspecified atom stereocenters. The average molecular weight is 522 g/mol. The van der Waals surface area contributed by atoms with Gasteiger partial charge in [0.2, 0.25) is 0 Å². The molecule has 1 atom stereocenters. The molecule has 1 aliphatic heterocycles. The minimum Gasteiger partial charge on any atom is -0.493 e. The molecule has 2 saturated carbocycles. The highest BCUT2D eigenvalue weighted by Gasteiger charge is 2.36. The Morgan fingerprint density at radius 3 is 2.24 bits per heavy atom. The van der Waals surface area contributed by atoms with Gasteiger partial charge in [0.15, 0.2) is 17.3 Å². The van der Waals surface area contributed by atoms with Gasteiger partial charge in [0, 0.05) is 49.2 Å². The Balaban J connectivity index is 1.38. The maximum Gasteiger partial charge on any atom is 0.253 e. The number of piperazine rings is 1. The van der Waals surface area contributed by atoms with Gasteiger partial charge in [0.1, 0.15) is 6.04 Å². The predicted molar refractivity (Wildman–Crippen MR) is 145 cm³/mol. The molecule has 204 valence electrons. The first-order valence-electron chi connectivity index (χ1n) is 14.2. The lowest BCUT2D eigenvalue weighted by molar-refractivity contribution is 0.0613. The number of aromatic nitrogens is 5. The lowest BCUT2D eigenvalue weighted by Crippen LogP contribution is -2.52. The molecule has 10 heteroatoms. The molecule has 1 aromatic carbocycles. The molecule has 3 aromatic rings. The van der Waals surface area contributed by atoms with Gasteiger partial charge >= 0.3 is 0 Å². The van der Waals surface area contributed by atoms with E-state index in [1.54, 1.807) is 14.2 Å². The van der Waals surface area contributed by atoms with E-state index < -0.39 is 0 Å². The van der Waals surface area contributed by atoms with Crippen molar-refractivity contribution in [3.63, 3.8) is 0 Å². The first kappa shape index (κ1) is 25.3. The molecule has 3 fully saturated rings. The van der Waals surface area contributed by atoms with E-state index in [4.69, 9.17) is 9.47 Å². The number of rotatable bonds is 7. The summed E-state index contributed by atoms with van der Waals surface area (Å²) in [5, 5.41) is 14.0. The van der Waals surface area contributed by atoms with Crippen LogP contribution < -0.4 is 15.0 Å². The first-order chi connectivity index (χ1) is 18.7. The first-order valence-corrected chi connectivity index (χ1v) is 14.2. The highest BCUT2D eigenvalue weighted by Crippen LogP contribution is 2.36. The number of H-pyrrole nitrogens is 1.